The van der Waals surface area contributed by atoms with Gasteiger partial charge in [-0.05, 0) is 36.8 Å². The molecular weight excluding hydrogens is 393 g/mol. The summed E-state index contributed by atoms with van der Waals surface area (Å²) in [6.07, 6.45) is 3.23. The number of rotatable bonds is 4. The second-order valence-corrected chi connectivity index (χ2v) is 7.39. The number of nitrogens with zero attached hydrogens (tertiary/aromatic N) is 2. The summed E-state index contributed by atoms with van der Waals surface area (Å²) >= 11 is 12.5. The molecule has 1 atom stereocenters. The van der Waals surface area contributed by atoms with Crippen molar-refractivity contribution in [2.24, 2.45) is 0 Å². The largest absolute Gasteiger partial charge is 0.505 e. The van der Waals surface area contributed by atoms with Gasteiger partial charge in [0.15, 0.2) is 0 Å². The van der Waals surface area contributed by atoms with Crippen molar-refractivity contribution in [2.75, 3.05) is 5.32 Å². The Labute approximate surface area is 172 Å². The summed E-state index contributed by atoms with van der Waals surface area (Å²) in [5.74, 6) is 0.731. The highest BCUT2D eigenvalue weighted by Gasteiger charge is 2.22. The minimum Gasteiger partial charge on any atom is -0.505 e. The number of aromatic nitrogens is 2. The van der Waals surface area contributed by atoms with Crippen LogP contribution in [0.25, 0.3) is 10.9 Å². The summed E-state index contributed by atoms with van der Waals surface area (Å²) in [6.45, 7) is 2.00. The average Bonchev–Trinajstić information content (AvgIpc) is 2.70. The zero-order valence-corrected chi connectivity index (χ0v) is 16.5. The zero-order chi connectivity index (χ0) is 19.7. The summed E-state index contributed by atoms with van der Waals surface area (Å²) < 4.78 is 0. The van der Waals surface area contributed by atoms with Gasteiger partial charge in [-0.3, -0.25) is 4.98 Å². The molecule has 2 N–H and O–H groups in total. The summed E-state index contributed by atoms with van der Waals surface area (Å²) in [5, 5.41) is 16.4. The Bertz CT molecular complexity index is 1150. The van der Waals surface area contributed by atoms with Crippen LogP contribution in [0.3, 0.4) is 0 Å². The first kappa shape index (κ1) is 18.5. The fourth-order valence-electron chi connectivity index (χ4n) is 3.19. The van der Waals surface area contributed by atoms with Gasteiger partial charge >= 0.3 is 0 Å². The molecule has 4 nitrogen and oxygen atoms in total. The van der Waals surface area contributed by atoms with Crippen molar-refractivity contribution in [3.63, 3.8) is 0 Å². The summed E-state index contributed by atoms with van der Waals surface area (Å²) in [5.41, 5.74) is 3.10. The van der Waals surface area contributed by atoms with Crippen LogP contribution in [0.15, 0.2) is 67.0 Å². The summed E-state index contributed by atoms with van der Waals surface area (Å²) in [4.78, 5) is 8.66. The van der Waals surface area contributed by atoms with Crippen LogP contribution in [0.2, 0.25) is 10.0 Å². The van der Waals surface area contributed by atoms with Gasteiger partial charge in [0.1, 0.15) is 17.1 Å². The van der Waals surface area contributed by atoms with Gasteiger partial charge in [0.05, 0.1) is 11.1 Å². The molecule has 4 rings (SSSR count). The fourth-order valence-corrected chi connectivity index (χ4v) is 3.53. The molecule has 0 amide bonds. The molecule has 0 aliphatic heterocycles. The highest BCUT2D eigenvalue weighted by Crippen LogP contribution is 2.38. The van der Waals surface area contributed by atoms with E-state index >= 15 is 0 Å². The first-order valence-electron chi connectivity index (χ1n) is 8.73. The van der Waals surface area contributed by atoms with Crippen LogP contribution in [0, 0.1) is 6.92 Å². The monoisotopic (exact) mass is 409 g/mol. The lowest BCUT2D eigenvalue weighted by atomic mass is 9.95. The molecule has 2 aromatic carbocycles. The third-order valence-electron chi connectivity index (χ3n) is 4.57. The van der Waals surface area contributed by atoms with Gasteiger partial charge in [-0.2, -0.15) is 0 Å². The molecule has 0 spiro atoms. The highest BCUT2D eigenvalue weighted by atomic mass is 35.5. The van der Waals surface area contributed by atoms with Crippen molar-refractivity contribution < 1.29 is 5.11 Å². The Balaban J connectivity index is 1.88. The van der Waals surface area contributed by atoms with Crippen LogP contribution in [0.4, 0.5) is 5.82 Å². The molecule has 0 aliphatic carbocycles. The molecule has 0 aliphatic rings. The Kier molecular flexibility index (Phi) is 5.07. The van der Waals surface area contributed by atoms with Crippen molar-refractivity contribution >= 4 is 39.9 Å². The van der Waals surface area contributed by atoms with Crippen LogP contribution in [-0.4, -0.2) is 15.1 Å². The number of pyridine rings is 2. The number of nitrogens with one attached hydrogen (secondary N) is 1. The predicted octanol–water partition coefficient (Wildman–Crippen LogP) is 6.15. The molecule has 2 heterocycles. The van der Waals surface area contributed by atoms with Gasteiger partial charge in [0.2, 0.25) is 0 Å². The number of aryl methyl sites for hydroxylation is 1. The molecule has 1 unspecified atom stereocenters. The SMILES string of the molecule is Cc1ccc(Cl)c(C(Nc2ccc(Cl)cn2)c2ccc3cccnc3c2O)c1. The lowest BCUT2D eigenvalue weighted by Gasteiger charge is -2.23. The van der Waals surface area contributed by atoms with Gasteiger partial charge in [-0.15, -0.1) is 0 Å². The van der Waals surface area contributed by atoms with E-state index in [4.69, 9.17) is 23.2 Å². The standard InChI is InChI=1S/C22H17Cl2N3O/c1-13-4-8-18(24)17(11-13)21(27-19-9-6-15(23)12-26-19)16-7-5-14-3-2-10-25-20(14)22(16)28/h2-12,21,28H,1H3,(H,26,27). The molecule has 0 saturated heterocycles. The minimum absolute atomic E-state index is 0.113. The van der Waals surface area contributed by atoms with Crippen LogP contribution in [-0.2, 0) is 0 Å². The lowest BCUT2D eigenvalue weighted by Crippen LogP contribution is -2.14. The van der Waals surface area contributed by atoms with Crippen molar-refractivity contribution in [1.29, 1.82) is 0 Å². The normalized spacial score (nSPS) is 12.1. The van der Waals surface area contributed by atoms with Crippen molar-refractivity contribution in [2.45, 2.75) is 13.0 Å². The molecule has 28 heavy (non-hydrogen) atoms. The highest BCUT2D eigenvalue weighted by molar-refractivity contribution is 6.31. The molecule has 6 heteroatoms. The molecule has 0 saturated carbocycles. The topological polar surface area (TPSA) is 58.0 Å². The quantitative estimate of drug-likeness (QED) is 0.424. The van der Waals surface area contributed by atoms with E-state index in [1.54, 1.807) is 24.5 Å². The first-order valence-corrected chi connectivity index (χ1v) is 9.49. The lowest BCUT2D eigenvalue weighted by molar-refractivity contribution is 0.471. The van der Waals surface area contributed by atoms with Crippen LogP contribution < -0.4 is 5.32 Å². The number of phenols is 1. The maximum Gasteiger partial charge on any atom is 0.147 e. The van der Waals surface area contributed by atoms with E-state index in [1.165, 1.54) is 0 Å². The van der Waals surface area contributed by atoms with Crippen molar-refractivity contribution in [3.8, 4) is 5.75 Å². The van der Waals surface area contributed by atoms with E-state index in [0.717, 1.165) is 16.5 Å². The van der Waals surface area contributed by atoms with Crippen molar-refractivity contribution in [1.82, 2.24) is 9.97 Å². The fraction of sp³-hybridized carbons (Fsp3) is 0.0909. The smallest absolute Gasteiger partial charge is 0.147 e. The number of halogens is 2. The maximum atomic E-state index is 11.0. The van der Waals surface area contributed by atoms with E-state index < -0.39 is 6.04 Å². The number of aromatic hydroxyl groups is 1. The number of hydrogen-bond acceptors (Lipinski definition) is 4. The Morgan fingerprint density at radius 1 is 0.964 bits per heavy atom. The van der Waals surface area contributed by atoms with E-state index in [-0.39, 0.29) is 5.75 Å². The van der Waals surface area contributed by atoms with Gasteiger partial charge in [0, 0.05) is 28.4 Å². The molecule has 0 bridgehead atoms. The molecular formula is C22H17Cl2N3O. The number of phenolic OH excluding ortho intramolecular Hbond substituents is 1. The second-order valence-electron chi connectivity index (χ2n) is 6.54. The average molecular weight is 410 g/mol. The third-order valence-corrected chi connectivity index (χ3v) is 5.14. The van der Waals surface area contributed by atoms with Crippen LogP contribution in [0.1, 0.15) is 22.7 Å². The van der Waals surface area contributed by atoms with E-state index in [2.05, 4.69) is 15.3 Å². The van der Waals surface area contributed by atoms with E-state index in [9.17, 15) is 5.11 Å². The first-order chi connectivity index (χ1) is 13.5. The Hall–Kier alpha value is -2.82. The van der Waals surface area contributed by atoms with Crippen LogP contribution in [0.5, 0.6) is 5.75 Å². The molecule has 0 fully saturated rings. The Morgan fingerprint density at radius 3 is 2.61 bits per heavy atom. The zero-order valence-electron chi connectivity index (χ0n) is 15.0. The molecule has 0 radical (unpaired) electrons. The number of fused-ring (bicyclic) bond motifs is 1. The molecule has 4 aromatic rings. The number of anilines is 1. The van der Waals surface area contributed by atoms with E-state index in [0.29, 0.717) is 26.9 Å². The van der Waals surface area contributed by atoms with Crippen molar-refractivity contribution in [3.05, 3.63) is 93.7 Å². The Morgan fingerprint density at radius 2 is 1.82 bits per heavy atom. The third kappa shape index (κ3) is 3.61. The maximum absolute atomic E-state index is 11.0. The number of benzene rings is 2. The number of hydrogen-bond donors (Lipinski definition) is 2. The summed E-state index contributed by atoms with van der Waals surface area (Å²) in [6, 6.07) is 16.5. The van der Waals surface area contributed by atoms with Crippen LogP contribution >= 0.6 is 23.2 Å². The molecule has 140 valence electrons. The van der Waals surface area contributed by atoms with Gasteiger partial charge in [-0.1, -0.05) is 59.1 Å². The molecule has 2 aromatic heterocycles. The van der Waals surface area contributed by atoms with Gasteiger partial charge in [0.25, 0.3) is 0 Å². The second kappa shape index (κ2) is 7.66. The van der Waals surface area contributed by atoms with E-state index in [1.807, 2.05) is 49.4 Å². The minimum atomic E-state index is -0.424. The summed E-state index contributed by atoms with van der Waals surface area (Å²) in [7, 11) is 0. The van der Waals surface area contributed by atoms with Gasteiger partial charge < -0.3 is 10.4 Å². The predicted molar refractivity (Wildman–Crippen MR) is 114 cm³/mol. The van der Waals surface area contributed by atoms with Gasteiger partial charge in [-0.25, -0.2) is 4.98 Å².